The largest absolute Gasteiger partial charge is 0.591 e. The second kappa shape index (κ2) is 5.92. The highest BCUT2D eigenvalue weighted by molar-refractivity contribution is 7.91. The first kappa shape index (κ1) is 16.8. The molecular formula is C14H18F2N4OS. The number of pyridine rings is 1. The molecule has 2 rings (SSSR count). The van der Waals surface area contributed by atoms with Gasteiger partial charge in [0.2, 0.25) is 0 Å². The Balaban J connectivity index is 2.24. The fourth-order valence-electron chi connectivity index (χ4n) is 1.71. The molecule has 0 N–H and O–H groups in total. The highest BCUT2D eigenvalue weighted by atomic mass is 32.2. The van der Waals surface area contributed by atoms with Crippen molar-refractivity contribution in [1.29, 1.82) is 0 Å². The maximum Gasteiger partial charge on any atom is 0.264 e. The first-order valence-electron chi connectivity index (χ1n) is 6.72. The molecule has 2 aromatic heterocycles. The fourth-order valence-corrected chi connectivity index (χ4v) is 2.23. The molecule has 0 bridgehead atoms. The smallest absolute Gasteiger partial charge is 0.264 e. The Bertz CT molecular complexity index is 688. The average molecular weight is 328 g/mol. The molecule has 0 spiro atoms. The average Bonchev–Trinajstić information content (AvgIpc) is 2.75. The third-order valence-electron chi connectivity index (χ3n) is 2.78. The van der Waals surface area contributed by atoms with E-state index in [0.717, 1.165) is 6.92 Å². The van der Waals surface area contributed by atoms with E-state index in [1.807, 2.05) is 20.8 Å². The lowest BCUT2D eigenvalue weighted by molar-refractivity contribution is 0.00181. The second-order valence-corrected chi connectivity index (χ2v) is 8.07. The maximum atomic E-state index is 13.1. The van der Waals surface area contributed by atoms with Crippen molar-refractivity contribution in [1.82, 2.24) is 14.8 Å². The molecule has 0 saturated carbocycles. The molecule has 0 fully saturated rings. The maximum absolute atomic E-state index is 13.1. The van der Waals surface area contributed by atoms with Gasteiger partial charge in [0.05, 0.1) is 23.6 Å². The standard InChI is InChI=1S/C14H18F2N4OS/c1-13(2,3)22(21)19-7-11-5-10-6-18-20(9-14(4,15)16)12(10)8-17-11/h5-8H,9H2,1-4H3. The van der Waals surface area contributed by atoms with Crippen molar-refractivity contribution < 1.29 is 13.3 Å². The Kier molecular flexibility index (Phi) is 4.53. The van der Waals surface area contributed by atoms with Crippen LogP contribution in [0.4, 0.5) is 8.78 Å². The fraction of sp³-hybridized carbons (Fsp3) is 0.500. The van der Waals surface area contributed by atoms with Crippen LogP contribution < -0.4 is 0 Å². The van der Waals surface area contributed by atoms with Crippen molar-refractivity contribution in [3.05, 3.63) is 24.2 Å². The Hall–Kier alpha value is -1.54. The van der Waals surface area contributed by atoms with Gasteiger partial charge in [0.1, 0.15) is 28.9 Å². The van der Waals surface area contributed by atoms with E-state index in [-0.39, 0.29) is 0 Å². The SMILES string of the molecule is CC(F)(F)Cn1ncc2cc(C=N[S+]([O-])C(C)(C)C)ncc21. The highest BCUT2D eigenvalue weighted by Gasteiger charge is 2.26. The van der Waals surface area contributed by atoms with Gasteiger partial charge in [-0.05, 0) is 26.8 Å². The molecule has 0 aliphatic carbocycles. The minimum absolute atomic E-state index is 0.446. The zero-order valence-electron chi connectivity index (χ0n) is 12.9. The molecule has 0 aliphatic rings. The summed E-state index contributed by atoms with van der Waals surface area (Å²) in [6, 6.07) is 1.68. The first-order chi connectivity index (χ1) is 10.1. The summed E-state index contributed by atoms with van der Waals surface area (Å²) in [6.07, 6.45) is 4.39. The van der Waals surface area contributed by atoms with E-state index in [9.17, 15) is 13.3 Å². The van der Waals surface area contributed by atoms with Crippen LogP contribution in [0.5, 0.6) is 0 Å². The molecule has 2 aromatic rings. The number of fused-ring (bicyclic) bond motifs is 1. The van der Waals surface area contributed by atoms with Crippen molar-refractivity contribution >= 4 is 28.5 Å². The molecule has 22 heavy (non-hydrogen) atoms. The van der Waals surface area contributed by atoms with E-state index in [4.69, 9.17) is 0 Å². The Labute approximate surface area is 130 Å². The topological polar surface area (TPSA) is 66.1 Å². The van der Waals surface area contributed by atoms with Gasteiger partial charge in [0.15, 0.2) is 0 Å². The summed E-state index contributed by atoms with van der Waals surface area (Å²) in [5.41, 5.74) is 1.03. The van der Waals surface area contributed by atoms with Gasteiger partial charge in [-0.25, -0.2) is 8.78 Å². The van der Waals surface area contributed by atoms with E-state index in [2.05, 4.69) is 14.5 Å². The van der Waals surface area contributed by atoms with Crippen molar-refractivity contribution in [3.8, 4) is 0 Å². The number of hydrogen-bond acceptors (Lipinski definition) is 4. The number of nitrogens with zero attached hydrogens (tertiary/aromatic N) is 4. The molecule has 1 atom stereocenters. The van der Waals surface area contributed by atoms with Gasteiger partial charge in [-0.3, -0.25) is 9.67 Å². The van der Waals surface area contributed by atoms with Crippen LogP contribution in [0.15, 0.2) is 22.9 Å². The van der Waals surface area contributed by atoms with Crippen LogP contribution >= 0.6 is 0 Å². The van der Waals surface area contributed by atoms with E-state index >= 15 is 0 Å². The minimum Gasteiger partial charge on any atom is -0.591 e. The van der Waals surface area contributed by atoms with Gasteiger partial charge in [-0.1, -0.05) is 4.40 Å². The summed E-state index contributed by atoms with van der Waals surface area (Å²) >= 11 is -1.37. The third kappa shape index (κ3) is 4.23. The number of aromatic nitrogens is 3. The summed E-state index contributed by atoms with van der Waals surface area (Å²) in [4.78, 5) is 4.13. The molecule has 5 nitrogen and oxygen atoms in total. The number of hydrogen-bond donors (Lipinski definition) is 0. The minimum atomic E-state index is -2.84. The molecular weight excluding hydrogens is 310 g/mol. The van der Waals surface area contributed by atoms with E-state index < -0.39 is 28.6 Å². The Morgan fingerprint density at radius 3 is 2.59 bits per heavy atom. The molecule has 0 aliphatic heterocycles. The highest BCUT2D eigenvalue weighted by Crippen LogP contribution is 2.20. The number of halogens is 2. The quantitative estimate of drug-likeness (QED) is 0.640. The predicted octanol–water partition coefficient (Wildman–Crippen LogP) is 2.97. The number of rotatable bonds is 4. The van der Waals surface area contributed by atoms with Gasteiger partial charge in [0.25, 0.3) is 5.92 Å². The molecule has 8 heteroatoms. The molecule has 1 unspecified atom stereocenters. The lowest BCUT2D eigenvalue weighted by Crippen LogP contribution is -2.25. The molecule has 0 radical (unpaired) electrons. The zero-order chi connectivity index (χ0) is 16.5. The van der Waals surface area contributed by atoms with Gasteiger partial charge in [-0.2, -0.15) is 5.10 Å². The van der Waals surface area contributed by atoms with Crippen LogP contribution in [0, 0.1) is 0 Å². The molecule has 0 saturated heterocycles. The van der Waals surface area contributed by atoms with Crippen LogP contribution in [0.3, 0.4) is 0 Å². The molecule has 2 heterocycles. The first-order valence-corrected chi connectivity index (χ1v) is 7.82. The molecule has 0 aromatic carbocycles. The lowest BCUT2D eigenvalue weighted by atomic mass is 10.3. The summed E-state index contributed by atoms with van der Waals surface area (Å²) in [5.74, 6) is -2.84. The van der Waals surface area contributed by atoms with Crippen molar-refractivity contribution in [2.24, 2.45) is 4.40 Å². The monoisotopic (exact) mass is 328 g/mol. The van der Waals surface area contributed by atoms with Crippen LogP contribution in [0.2, 0.25) is 0 Å². The van der Waals surface area contributed by atoms with Gasteiger partial charge in [-0.15, -0.1) is 0 Å². The third-order valence-corrected chi connectivity index (χ3v) is 4.13. The summed E-state index contributed by atoms with van der Waals surface area (Å²) < 4.78 is 42.8. The normalized spacial score (nSPS) is 14.9. The Morgan fingerprint density at radius 2 is 2.00 bits per heavy atom. The van der Waals surface area contributed by atoms with Crippen molar-refractivity contribution in [2.45, 2.75) is 44.9 Å². The summed E-state index contributed by atoms with van der Waals surface area (Å²) in [5, 5.41) is 4.63. The van der Waals surface area contributed by atoms with Gasteiger partial charge >= 0.3 is 0 Å². The lowest BCUT2D eigenvalue weighted by Gasteiger charge is -2.17. The van der Waals surface area contributed by atoms with Crippen molar-refractivity contribution in [3.63, 3.8) is 0 Å². The van der Waals surface area contributed by atoms with Gasteiger partial charge < -0.3 is 4.55 Å². The van der Waals surface area contributed by atoms with E-state index in [0.29, 0.717) is 16.6 Å². The molecule has 0 amide bonds. The van der Waals surface area contributed by atoms with Crippen LogP contribution in [0.1, 0.15) is 33.4 Å². The zero-order valence-corrected chi connectivity index (χ0v) is 13.7. The number of alkyl halides is 2. The van der Waals surface area contributed by atoms with E-state index in [1.54, 1.807) is 6.07 Å². The van der Waals surface area contributed by atoms with Crippen LogP contribution in [-0.2, 0) is 17.9 Å². The summed E-state index contributed by atoms with van der Waals surface area (Å²) in [7, 11) is 0. The van der Waals surface area contributed by atoms with Crippen molar-refractivity contribution in [2.75, 3.05) is 0 Å². The van der Waals surface area contributed by atoms with E-state index in [1.165, 1.54) is 23.3 Å². The Morgan fingerprint density at radius 1 is 1.32 bits per heavy atom. The molecule has 120 valence electrons. The predicted molar refractivity (Wildman–Crippen MR) is 83.6 cm³/mol. The second-order valence-electron chi connectivity index (χ2n) is 6.14. The van der Waals surface area contributed by atoms with Crippen LogP contribution in [0.25, 0.3) is 10.9 Å². The van der Waals surface area contributed by atoms with Crippen LogP contribution in [-0.4, -0.2) is 36.2 Å². The summed E-state index contributed by atoms with van der Waals surface area (Å²) in [6.45, 7) is 5.82. The van der Waals surface area contributed by atoms with Gasteiger partial charge in [0, 0.05) is 12.3 Å².